The zero-order valence-electron chi connectivity index (χ0n) is 24.5. The van der Waals surface area contributed by atoms with Crippen LogP contribution in [0.1, 0.15) is 86.1 Å². The Labute approximate surface area is 238 Å². The molecule has 0 atom stereocenters. The van der Waals surface area contributed by atoms with Gasteiger partial charge in [0.05, 0.1) is 11.1 Å². The number of carboxylic acid groups (broad SMARTS) is 1. The molecule has 3 heterocycles. The van der Waals surface area contributed by atoms with E-state index in [4.69, 9.17) is 5.10 Å². The number of aromatic carboxylic acids is 1. The average molecular weight is 545 g/mol. The van der Waals surface area contributed by atoms with E-state index in [1.807, 2.05) is 27.7 Å². The monoisotopic (exact) mass is 544 g/mol. The second-order valence-corrected chi connectivity index (χ2v) is 11.8. The summed E-state index contributed by atoms with van der Waals surface area (Å²) in [6, 6.07) is 10.7. The molecule has 0 saturated carbocycles. The number of carboxylic acids is 1. The molecule has 0 radical (unpaired) electrons. The van der Waals surface area contributed by atoms with Crippen molar-refractivity contribution in [2.75, 3.05) is 32.7 Å². The molecule has 1 aromatic carbocycles. The maximum Gasteiger partial charge on any atom is 0.335 e. The van der Waals surface area contributed by atoms with Crippen LogP contribution in [0.5, 0.6) is 0 Å². The molecule has 0 spiro atoms. The maximum atomic E-state index is 13.7. The zero-order chi connectivity index (χ0) is 28.6. The Morgan fingerprint density at radius 3 is 2.20 bits per heavy atom. The smallest absolute Gasteiger partial charge is 0.335 e. The summed E-state index contributed by atoms with van der Waals surface area (Å²) in [5, 5.41) is 14.2. The molecule has 0 aliphatic carbocycles. The van der Waals surface area contributed by atoms with Crippen LogP contribution in [-0.2, 0) is 0 Å². The van der Waals surface area contributed by atoms with Crippen LogP contribution in [0.3, 0.4) is 0 Å². The van der Waals surface area contributed by atoms with Gasteiger partial charge < -0.3 is 10.0 Å². The van der Waals surface area contributed by atoms with Gasteiger partial charge in [-0.25, -0.2) is 9.31 Å². The molecule has 1 N–H and O–H groups in total. The third kappa shape index (κ3) is 7.60. The van der Waals surface area contributed by atoms with Crippen molar-refractivity contribution in [1.29, 1.82) is 0 Å². The minimum absolute atomic E-state index is 0.0561. The van der Waals surface area contributed by atoms with Crippen LogP contribution in [0.2, 0.25) is 0 Å². The molecule has 7 nitrogen and oxygen atoms in total. The summed E-state index contributed by atoms with van der Waals surface area (Å²) in [4.78, 5) is 29.6. The largest absolute Gasteiger partial charge is 0.478 e. The van der Waals surface area contributed by atoms with E-state index in [1.165, 1.54) is 19.3 Å². The summed E-state index contributed by atoms with van der Waals surface area (Å²) in [6.07, 6.45) is 11.9. The molecule has 214 valence electrons. The van der Waals surface area contributed by atoms with E-state index in [0.29, 0.717) is 17.4 Å². The number of benzene rings is 1. The molecular formula is C33H44N4O3. The number of nitrogens with zero attached hydrogens (tertiary/aromatic N) is 4. The topological polar surface area (TPSA) is 78.1 Å². The van der Waals surface area contributed by atoms with Gasteiger partial charge >= 0.3 is 5.97 Å². The number of amides is 1. The number of hydrogen-bond acceptors (Lipinski definition) is 4. The molecule has 2 aromatic heterocycles. The Kier molecular flexibility index (Phi) is 10.2. The highest BCUT2D eigenvalue weighted by Gasteiger charge is 2.20. The molecule has 3 aromatic rings. The minimum atomic E-state index is -0.953. The first-order valence-electron chi connectivity index (χ1n) is 14.8. The lowest BCUT2D eigenvalue weighted by molar-refractivity contribution is 0.0695. The molecule has 7 heteroatoms. The second-order valence-electron chi connectivity index (χ2n) is 11.8. The normalized spacial score (nSPS) is 14.6. The van der Waals surface area contributed by atoms with Crippen LogP contribution in [0, 0.1) is 11.8 Å². The quantitative estimate of drug-likeness (QED) is 0.273. The predicted molar refractivity (Wildman–Crippen MR) is 162 cm³/mol. The number of pyridine rings is 1. The average Bonchev–Trinajstić information content (AvgIpc) is 3.31. The highest BCUT2D eigenvalue weighted by atomic mass is 16.4. The van der Waals surface area contributed by atoms with Crippen molar-refractivity contribution in [3.63, 3.8) is 0 Å². The van der Waals surface area contributed by atoms with E-state index in [-0.39, 0.29) is 11.5 Å². The standard InChI is InChI=1S/C33H44N4O3/c1-24(2)14-20-36(21-15-25(3)4)32(38)28-16-22-37-30(23-28)29(9-8-19-35-17-6-5-7-18-35)31(34-37)26-10-12-27(13-11-26)33(39)40/h8-13,16,22-25H,5-7,14-15,17-21H2,1-4H3,(H,39,40). The van der Waals surface area contributed by atoms with Crippen LogP contribution in [0.25, 0.3) is 22.9 Å². The zero-order valence-corrected chi connectivity index (χ0v) is 24.5. The summed E-state index contributed by atoms with van der Waals surface area (Å²) >= 11 is 0. The Morgan fingerprint density at radius 2 is 1.60 bits per heavy atom. The number of fused-ring (bicyclic) bond motifs is 1. The highest BCUT2D eigenvalue weighted by molar-refractivity contribution is 5.96. The second kappa shape index (κ2) is 13.8. The number of piperidine rings is 1. The molecule has 40 heavy (non-hydrogen) atoms. The number of hydrogen-bond donors (Lipinski definition) is 1. The number of carbonyl (C=O) groups is 2. The molecule has 1 fully saturated rings. The first kappa shape index (κ1) is 29.5. The predicted octanol–water partition coefficient (Wildman–Crippen LogP) is 6.73. The third-order valence-corrected chi connectivity index (χ3v) is 7.66. The van der Waals surface area contributed by atoms with Crippen LogP contribution >= 0.6 is 0 Å². The lowest BCUT2D eigenvalue weighted by Crippen LogP contribution is -2.34. The van der Waals surface area contributed by atoms with Gasteiger partial charge in [0.1, 0.15) is 5.69 Å². The Hall–Kier alpha value is -3.45. The summed E-state index contributed by atoms with van der Waals surface area (Å²) < 4.78 is 1.82. The summed E-state index contributed by atoms with van der Waals surface area (Å²) in [7, 11) is 0. The Morgan fingerprint density at radius 1 is 0.950 bits per heavy atom. The third-order valence-electron chi connectivity index (χ3n) is 7.66. The van der Waals surface area contributed by atoms with Crippen molar-refractivity contribution >= 4 is 23.5 Å². The molecule has 1 amide bonds. The van der Waals surface area contributed by atoms with Crippen LogP contribution in [0.15, 0.2) is 48.7 Å². The first-order valence-corrected chi connectivity index (χ1v) is 14.8. The fraction of sp³-hybridized carbons (Fsp3) is 0.485. The van der Waals surface area contributed by atoms with E-state index >= 15 is 0 Å². The van der Waals surface area contributed by atoms with Gasteiger partial charge in [-0.3, -0.25) is 9.69 Å². The van der Waals surface area contributed by atoms with Gasteiger partial charge in [-0.15, -0.1) is 0 Å². The SMILES string of the molecule is CC(C)CCN(CCC(C)C)C(=O)c1ccn2nc(-c3ccc(C(=O)O)cc3)c(C=CCN3CCCCC3)c2c1. The van der Waals surface area contributed by atoms with Gasteiger partial charge in [0.25, 0.3) is 5.91 Å². The number of rotatable bonds is 12. The van der Waals surface area contributed by atoms with E-state index in [0.717, 1.165) is 67.9 Å². The van der Waals surface area contributed by atoms with Gasteiger partial charge in [-0.2, -0.15) is 5.10 Å². The van der Waals surface area contributed by atoms with Gasteiger partial charge in [-0.1, -0.05) is 58.4 Å². The summed E-state index contributed by atoms with van der Waals surface area (Å²) in [6.45, 7) is 13.4. The van der Waals surface area contributed by atoms with E-state index in [2.05, 4.69) is 44.7 Å². The Bertz CT molecular complexity index is 1310. The van der Waals surface area contributed by atoms with E-state index < -0.39 is 5.97 Å². The van der Waals surface area contributed by atoms with Gasteiger partial charge in [0.2, 0.25) is 0 Å². The van der Waals surface area contributed by atoms with E-state index in [1.54, 1.807) is 24.3 Å². The van der Waals surface area contributed by atoms with Crippen molar-refractivity contribution in [1.82, 2.24) is 19.4 Å². The molecule has 1 aliphatic heterocycles. The molecule has 0 unspecified atom stereocenters. The fourth-order valence-electron chi connectivity index (χ4n) is 5.13. The van der Waals surface area contributed by atoms with E-state index in [9.17, 15) is 14.7 Å². The minimum Gasteiger partial charge on any atom is -0.478 e. The number of likely N-dealkylation sites (tertiary alicyclic amines) is 1. The maximum absolute atomic E-state index is 13.7. The summed E-state index contributed by atoms with van der Waals surface area (Å²) in [5.41, 5.74) is 4.32. The van der Waals surface area contributed by atoms with Gasteiger partial charge in [0, 0.05) is 42.5 Å². The number of carbonyl (C=O) groups excluding carboxylic acids is 1. The fourth-order valence-corrected chi connectivity index (χ4v) is 5.13. The van der Waals surface area contributed by atoms with Crippen molar-refractivity contribution in [2.45, 2.75) is 59.8 Å². The Balaban J connectivity index is 1.70. The molecular weight excluding hydrogens is 500 g/mol. The first-order chi connectivity index (χ1) is 19.2. The van der Waals surface area contributed by atoms with Crippen LogP contribution in [0.4, 0.5) is 0 Å². The highest BCUT2D eigenvalue weighted by Crippen LogP contribution is 2.29. The van der Waals surface area contributed by atoms with Crippen molar-refractivity contribution < 1.29 is 14.7 Å². The van der Waals surface area contributed by atoms with Gasteiger partial charge in [0.15, 0.2) is 0 Å². The lowest BCUT2D eigenvalue weighted by atomic mass is 10.0. The van der Waals surface area contributed by atoms with Crippen molar-refractivity contribution in [2.24, 2.45) is 11.8 Å². The van der Waals surface area contributed by atoms with Crippen LogP contribution < -0.4 is 0 Å². The summed E-state index contributed by atoms with van der Waals surface area (Å²) in [5.74, 6) is 0.156. The van der Waals surface area contributed by atoms with Gasteiger partial charge in [-0.05, 0) is 74.9 Å². The molecule has 0 bridgehead atoms. The van der Waals surface area contributed by atoms with Crippen molar-refractivity contribution in [3.8, 4) is 11.3 Å². The van der Waals surface area contributed by atoms with Crippen molar-refractivity contribution in [3.05, 3.63) is 65.4 Å². The molecule has 4 rings (SSSR count). The lowest BCUT2D eigenvalue weighted by Gasteiger charge is -2.25. The number of aromatic nitrogens is 2. The van der Waals surface area contributed by atoms with Crippen LogP contribution in [-0.4, -0.2) is 69.1 Å². The molecule has 1 aliphatic rings. The molecule has 1 saturated heterocycles.